The van der Waals surface area contributed by atoms with Gasteiger partial charge in [-0.2, -0.15) is 0 Å². The molecule has 0 aromatic heterocycles. The van der Waals surface area contributed by atoms with Crippen molar-refractivity contribution in [3.05, 3.63) is 35.1 Å². The third kappa shape index (κ3) is 2.53. The van der Waals surface area contributed by atoms with Crippen LogP contribution in [-0.2, 0) is 6.54 Å². The van der Waals surface area contributed by atoms with Crippen molar-refractivity contribution in [1.29, 1.82) is 0 Å². The lowest BCUT2D eigenvalue weighted by atomic mass is 10.1. The average molecular weight is 209 g/mol. The molecule has 0 radical (unpaired) electrons. The van der Waals surface area contributed by atoms with Crippen molar-refractivity contribution in [1.82, 2.24) is 5.32 Å². The quantitative estimate of drug-likeness (QED) is 0.794. The minimum absolute atomic E-state index is 0.273. The molecule has 1 aromatic carbocycles. The van der Waals surface area contributed by atoms with Gasteiger partial charge in [0.05, 0.1) is 5.56 Å². The number of hydrogen-bond donors (Lipinski definition) is 2. The van der Waals surface area contributed by atoms with E-state index in [0.717, 1.165) is 5.56 Å². The number of benzene rings is 1. The Labute approximate surface area is 86.9 Å². The average Bonchev–Trinajstić information content (AvgIpc) is 2.97. The molecule has 0 bridgehead atoms. The zero-order chi connectivity index (χ0) is 10.8. The summed E-state index contributed by atoms with van der Waals surface area (Å²) in [4.78, 5) is 10.6. The summed E-state index contributed by atoms with van der Waals surface area (Å²) >= 11 is 0. The summed E-state index contributed by atoms with van der Waals surface area (Å²) in [5.41, 5.74) is 0.509. The van der Waals surface area contributed by atoms with Crippen LogP contribution in [0.4, 0.5) is 4.39 Å². The summed E-state index contributed by atoms with van der Waals surface area (Å²) < 4.78 is 13.2. The highest BCUT2D eigenvalue weighted by Crippen LogP contribution is 2.19. The van der Waals surface area contributed by atoms with E-state index >= 15 is 0 Å². The molecular formula is C11H12FNO2. The smallest absolute Gasteiger partial charge is 0.338 e. The summed E-state index contributed by atoms with van der Waals surface area (Å²) in [5.74, 6) is -1.90. The van der Waals surface area contributed by atoms with Gasteiger partial charge in [-0.3, -0.25) is 0 Å². The van der Waals surface area contributed by atoms with Crippen molar-refractivity contribution in [3.8, 4) is 0 Å². The Bertz CT molecular complexity index is 388. The van der Waals surface area contributed by atoms with Gasteiger partial charge in [0.25, 0.3) is 0 Å². The van der Waals surface area contributed by atoms with Crippen molar-refractivity contribution in [3.63, 3.8) is 0 Å². The highest BCUT2D eigenvalue weighted by atomic mass is 19.1. The normalized spacial score (nSPS) is 15.3. The second-order valence-corrected chi connectivity index (χ2v) is 3.77. The van der Waals surface area contributed by atoms with E-state index in [4.69, 9.17) is 5.11 Å². The van der Waals surface area contributed by atoms with Gasteiger partial charge in [0, 0.05) is 12.6 Å². The highest BCUT2D eigenvalue weighted by Gasteiger charge is 2.20. The number of carboxylic acids is 1. The van der Waals surface area contributed by atoms with E-state index in [-0.39, 0.29) is 5.56 Å². The fourth-order valence-corrected chi connectivity index (χ4v) is 1.39. The van der Waals surface area contributed by atoms with Crippen LogP contribution in [0.5, 0.6) is 0 Å². The zero-order valence-corrected chi connectivity index (χ0v) is 8.16. The number of nitrogens with one attached hydrogen (secondary N) is 1. The third-order valence-electron chi connectivity index (χ3n) is 2.44. The lowest BCUT2D eigenvalue weighted by molar-refractivity contribution is 0.0692. The maximum Gasteiger partial charge on any atom is 0.338 e. The molecular weight excluding hydrogens is 197 g/mol. The van der Waals surface area contributed by atoms with Gasteiger partial charge < -0.3 is 10.4 Å². The van der Waals surface area contributed by atoms with Crippen molar-refractivity contribution in [2.45, 2.75) is 25.4 Å². The topological polar surface area (TPSA) is 49.3 Å². The molecule has 1 saturated carbocycles. The maximum atomic E-state index is 13.2. The van der Waals surface area contributed by atoms with Gasteiger partial charge in [0.1, 0.15) is 5.82 Å². The molecule has 1 aliphatic rings. The van der Waals surface area contributed by atoms with Crippen LogP contribution in [0.25, 0.3) is 0 Å². The van der Waals surface area contributed by atoms with Crippen LogP contribution in [0, 0.1) is 5.82 Å². The number of carbonyl (C=O) groups is 1. The number of rotatable bonds is 4. The van der Waals surface area contributed by atoms with E-state index in [1.807, 2.05) is 0 Å². The van der Waals surface area contributed by atoms with Crippen LogP contribution in [-0.4, -0.2) is 17.1 Å². The first-order chi connectivity index (χ1) is 7.16. The molecule has 3 nitrogen and oxygen atoms in total. The van der Waals surface area contributed by atoms with Gasteiger partial charge in [-0.1, -0.05) is 6.07 Å². The number of aromatic carboxylic acids is 1. The Morgan fingerprint density at radius 2 is 2.27 bits per heavy atom. The lowest BCUT2D eigenvalue weighted by Crippen LogP contribution is -2.15. The molecule has 2 rings (SSSR count). The Balaban J connectivity index is 2.06. The van der Waals surface area contributed by atoms with E-state index in [2.05, 4.69) is 5.32 Å². The first-order valence-corrected chi connectivity index (χ1v) is 4.92. The zero-order valence-electron chi connectivity index (χ0n) is 8.16. The second-order valence-electron chi connectivity index (χ2n) is 3.77. The van der Waals surface area contributed by atoms with Crippen LogP contribution in [0.15, 0.2) is 18.2 Å². The summed E-state index contributed by atoms with van der Waals surface area (Å²) in [6.45, 7) is 0.599. The van der Waals surface area contributed by atoms with E-state index in [9.17, 15) is 9.18 Å². The van der Waals surface area contributed by atoms with Crippen LogP contribution in [0.2, 0.25) is 0 Å². The van der Waals surface area contributed by atoms with Crippen molar-refractivity contribution in [2.75, 3.05) is 0 Å². The van der Waals surface area contributed by atoms with Gasteiger partial charge in [-0.25, -0.2) is 9.18 Å². The molecule has 1 aliphatic carbocycles. The molecule has 0 aliphatic heterocycles. The summed E-state index contributed by atoms with van der Waals surface area (Å²) in [6, 6.07) is 4.79. The predicted octanol–water partition coefficient (Wildman–Crippen LogP) is 1.78. The molecule has 1 fully saturated rings. The van der Waals surface area contributed by atoms with E-state index in [0.29, 0.717) is 12.6 Å². The van der Waals surface area contributed by atoms with E-state index in [1.165, 1.54) is 25.0 Å². The number of carboxylic acid groups (broad SMARTS) is 1. The van der Waals surface area contributed by atoms with E-state index in [1.54, 1.807) is 6.07 Å². The van der Waals surface area contributed by atoms with Crippen LogP contribution in [0.3, 0.4) is 0 Å². The molecule has 0 atom stereocenters. The van der Waals surface area contributed by atoms with Crippen LogP contribution < -0.4 is 5.32 Å². The van der Waals surface area contributed by atoms with Crippen LogP contribution >= 0.6 is 0 Å². The second kappa shape index (κ2) is 3.98. The van der Waals surface area contributed by atoms with Crippen LogP contribution in [0.1, 0.15) is 28.8 Å². The highest BCUT2D eigenvalue weighted by molar-refractivity contribution is 5.87. The van der Waals surface area contributed by atoms with Crippen molar-refractivity contribution in [2.24, 2.45) is 0 Å². The van der Waals surface area contributed by atoms with Crippen molar-refractivity contribution >= 4 is 5.97 Å². The Morgan fingerprint density at radius 3 is 2.80 bits per heavy atom. The Hall–Kier alpha value is -1.42. The van der Waals surface area contributed by atoms with E-state index < -0.39 is 11.8 Å². The van der Waals surface area contributed by atoms with Gasteiger partial charge in [0.2, 0.25) is 0 Å². The number of halogens is 1. The monoisotopic (exact) mass is 209 g/mol. The SMILES string of the molecule is O=C(O)c1ccc(CNC2CC2)cc1F. The molecule has 15 heavy (non-hydrogen) atoms. The minimum Gasteiger partial charge on any atom is -0.478 e. The first-order valence-electron chi connectivity index (χ1n) is 4.92. The molecule has 0 heterocycles. The molecule has 0 amide bonds. The van der Waals surface area contributed by atoms with Crippen molar-refractivity contribution < 1.29 is 14.3 Å². The Morgan fingerprint density at radius 1 is 1.53 bits per heavy atom. The summed E-state index contributed by atoms with van der Waals surface area (Å²) in [5, 5.41) is 11.9. The summed E-state index contributed by atoms with van der Waals surface area (Å²) in [6.07, 6.45) is 2.35. The number of hydrogen-bond acceptors (Lipinski definition) is 2. The maximum absolute atomic E-state index is 13.2. The van der Waals surface area contributed by atoms with Gasteiger partial charge >= 0.3 is 5.97 Å². The predicted molar refractivity (Wildman–Crippen MR) is 53.2 cm³/mol. The van der Waals surface area contributed by atoms with Gasteiger partial charge in [-0.05, 0) is 30.5 Å². The Kier molecular flexibility index (Phi) is 2.68. The molecule has 0 unspecified atom stereocenters. The van der Waals surface area contributed by atoms with Gasteiger partial charge in [0.15, 0.2) is 0 Å². The fraction of sp³-hybridized carbons (Fsp3) is 0.364. The lowest BCUT2D eigenvalue weighted by Gasteiger charge is -2.04. The molecule has 1 aromatic rings. The third-order valence-corrected chi connectivity index (χ3v) is 2.44. The molecule has 80 valence electrons. The molecule has 4 heteroatoms. The fourth-order valence-electron chi connectivity index (χ4n) is 1.39. The molecule has 0 saturated heterocycles. The minimum atomic E-state index is -1.23. The molecule has 0 spiro atoms. The standard InChI is InChI=1S/C11H12FNO2/c12-10-5-7(6-13-8-2-3-8)1-4-9(10)11(14)15/h1,4-5,8,13H,2-3,6H2,(H,14,15). The first kappa shape index (κ1) is 10.1. The summed E-state index contributed by atoms with van der Waals surface area (Å²) in [7, 11) is 0. The van der Waals surface area contributed by atoms with Gasteiger partial charge in [-0.15, -0.1) is 0 Å². The largest absolute Gasteiger partial charge is 0.478 e. The molecule has 2 N–H and O–H groups in total.